The molecule has 0 amide bonds. The van der Waals surface area contributed by atoms with Crippen molar-refractivity contribution >= 4 is 26.3 Å². The van der Waals surface area contributed by atoms with E-state index in [9.17, 15) is 14.4 Å². The minimum atomic E-state index is -4.58. The lowest BCUT2D eigenvalue weighted by Crippen LogP contribution is -2.01. The third-order valence-electron chi connectivity index (χ3n) is 2.50. The van der Waals surface area contributed by atoms with Crippen molar-refractivity contribution in [1.82, 2.24) is 0 Å². The van der Waals surface area contributed by atoms with Crippen LogP contribution in [0, 0.1) is 6.92 Å². The highest BCUT2D eigenvalue weighted by molar-refractivity contribution is 8.08. The molecular weight excluding hydrogens is 334 g/mol. The molecular formula is C12H20O6P2S. The summed E-state index contributed by atoms with van der Waals surface area (Å²) in [5, 5.41) is 0. The van der Waals surface area contributed by atoms with Gasteiger partial charge in [0.1, 0.15) is 5.75 Å². The summed E-state index contributed by atoms with van der Waals surface area (Å²) in [4.78, 5) is 19.4. The monoisotopic (exact) mass is 354 g/mol. The van der Waals surface area contributed by atoms with Crippen LogP contribution in [0.2, 0.25) is 0 Å². The van der Waals surface area contributed by atoms with Gasteiger partial charge in [-0.25, -0.2) is 4.57 Å². The summed E-state index contributed by atoms with van der Waals surface area (Å²) in [5.74, 6) is 0.312. The van der Waals surface area contributed by atoms with E-state index in [1.54, 1.807) is 13.0 Å². The number of hydrogen-bond donors (Lipinski definition) is 2. The Hall–Kier alpha value is -0.260. The summed E-state index contributed by atoms with van der Waals surface area (Å²) >= 11 is 4.63. The van der Waals surface area contributed by atoms with E-state index in [0.717, 1.165) is 11.1 Å². The van der Waals surface area contributed by atoms with Crippen LogP contribution in [0.1, 0.15) is 37.8 Å². The van der Waals surface area contributed by atoms with Gasteiger partial charge in [-0.2, -0.15) is 4.31 Å². The van der Waals surface area contributed by atoms with E-state index in [4.69, 9.17) is 9.05 Å². The molecule has 0 aliphatic carbocycles. The largest absolute Gasteiger partial charge is 0.534 e. The van der Waals surface area contributed by atoms with Gasteiger partial charge in [0, 0.05) is 0 Å². The summed E-state index contributed by atoms with van der Waals surface area (Å²) in [7, 11) is -4.58. The van der Waals surface area contributed by atoms with E-state index >= 15 is 0 Å². The molecule has 2 unspecified atom stereocenters. The molecule has 0 aliphatic heterocycles. The first kappa shape index (κ1) is 18.8. The van der Waals surface area contributed by atoms with Gasteiger partial charge in [0.25, 0.3) is 0 Å². The van der Waals surface area contributed by atoms with E-state index < -0.39 is 14.5 Å². The molecule has 120 valence electrons. The Kier molecular flexibility index (Phi) is 6.56. The Labute approximate surface area is 129 Å². The summed E-state index contributed by atoms with van der Waals surface area (Å²) < 4.78 is 26.4. The molecule has 1 rings (SSSR count). The van der Waals surface area contributed by atoms with Gasteiger partial charge in [0.05, 0.1) is 6.61 Å². The second-order valence-corrected chi connectivity index (χ2v) is 9.08. The molecule has 0 saturated carbocycles. The standard InChI is InChI=1S/C12H20O6P2S/c1-5-16-20(15,21)18-19(13,14)17-12-8-10(4)6-7-11(12)9(2)3/h6-9H,5H2,1-4H3,(H,13,14)(H,15,21). The number of phosphoric ester groups is 1. The summed E-state index contributed by atoms with van der Waals surface area (Å²) in [5.41, 5.74) is 1.61. The van der Waals surface area contributed by atoms with Gasteiger partial charge in [-0.05, 0) is 48.8 Å². The smallest absolute Gasteiger partial charge is 0.404 e. The first-order valence-electron chi connectivity index (χ1n) is 6.38. The maximum absolute atomic E-state index is 12.0. The van der Waals surface area contributed by atoms with Gasteiger partial charge < -0.3 is 13.9 Å². The van der Waals surface area contributed by atoms with Crippen molar-refractivity contribution in [2.75, 3.05) is 6.61 Å². The second kappa shape index (κ2) is 7.34. The highest BCUT2D eigenvalue weighted by atomic mass is 32.5. The molecule has 9 heteroatoms. The normalized spacial score (nSPS) is 17.3. The highest BCUT2D eigenvalue weighted by Gasteiger charge is 2.33. The van der Waals surface area contributed by atoms with E-state index in [-0.39, 0.29) is 18.3 Å². The summed E-state index contributed by atoms with van der Waals surface area (Å²) in [6.45, 7) is 3.53. The molecule has 2 N–H and O–H groups in total. The molecule has 2 atom stereocenters. The minimum absolute atomic E-state index is 0.0649. The molecule has 6 nitrogen and oxygen atoms in total. The van der Waals surface area contributed by atoms with Crippen LogP contribution in [0.4, 0.5) is 0 Å². The molecule has 0 bridgehead atoms. The molecule has 0 aromatic heterocycles. The van der Waals surface area contributed by atoms with Crippen molar-refractivity contribution in [2.45, 2.75) is 33.6 Å². The molecule has 1 aromatic rings. The Morgan fingerprint density at radius 1 is 1.33 bits per heavy atom. The summed E-state index contributed by atoms with van der Waals surface area (Å²) in [6, 6.07) is 5.32. The van der Waals surface area contributed by atoms with Crippen LogP contribution >= 0.6 is 14.5 Å². The molecule has 0 aliphatic rings. The van der Waals surface area contributed by atoms with Crippen LogP contribution in [-0.2, 0) is 25.2 Å². The lowest BCUT2D eigenvalue weighted by molar-refractivity contribution is 0.230. The molecule has 0 fully saturated rings. The van der Waals surface area contributed by atoms with Crippen LogP contribution in [-0.4, -0.2) is 16.4 Å². The van der Waals surface area contributed by atoms with Crippen molar-refractivity contribution in [3.63, 3.8) is 0 Å². The van der Waals surface area contributed by atoms with Crippen molar-refractivity contribution in [2.24, 2.45) is 0 Å². The zero-order chi connectivity index (χ0) is 16.3. The fraction of sp³-hybridized carbons (Fsp3) is 0.500. The quantitative estimate of drug-likeness (QED) is 0.719. The fourth-order valence-electron chi connectivity index (χ4n) is 1.66. The van der Waals surface area contributed by atoms with Crippen molar-refractivity contribution in [3.8, 4) is 5.75 Å². The van der Waals surface area contributed by atoms with Gasteiger partial charge in [-0.1, -0.05) is 26.0 Å². The van der Waals surface area contributed by atoms with Gasteiger partial charge in [-0.3, -0.25) is 4.89 Å². The van der Waals surface area contributed by atoms with E-state index in [1.165, 1.54) is 0 Å². The van der Waals surface area contributed by atoms with Crippen LogP contribution in [0.25, 0.3) is 0 Å². The van der Waals surface area contributed by atoms with E-state index in [0.29, 0.717) is 0 Å². The number of benzene rings is 1. The first-order chi connectivity index (χ1) is 9.56. The topological polar surface area (TPSA) is 85.2 Å². The SMILES string of the molecule is CCOP(O)(=S)OP(=O)(O)Oc1cc(C)ccc1C(C)C. The van der Waals surface area contributed by atoms with Gasteiger partial charge in [0.15, 0.2) is 0 Å². The molecule has 1 aromatic carbocycles. The molecule has 0 radical (unpaired) electrons. The van der Waals surface area contributed by atoms with Crippen LogP contribution in [0.15, 0.2) is 18.2 Å². The Morgan fingerprint density at radius 2 is 1.95 bits per heavy atom. The highest BCUT2D eigenvalue weighted by Crippen LogP contribution is 2.60. The van der Waals surface area contributed by atoms with Crippen molar-refractivity contribution < 1.29 is 27.7 Å². The maximum Gasteiger partial charge on any atom is 0.534 e. The third-order valence-corrected chi connectivity index (χ3v) is 6.08. The number of hydrogen-bond acceptors (Lipinski definition) is 5. The molecule has 0 heterocycles. The average molecular weight is 354 g/mol. The van der Waals surface area contributed by atoms with Gasteiger partial charge >= 0.3 is 14.5 Å². The predicted molar refractivity (Wildman–Crippen MR) is 84.9 cm³/mol. The molecule has 21 heavy (non-hydrogen) atoms. The first-order valence-corrected chi connectivity index (χ1v) is 10.5. The van der Waals surface area contributed by atoms with E-state index in [1.807, 2.05) is 32.9 Å². The fourth-order valence-corrected chi connectivity index (χ4v) is 4.83. The number of phosphoric acid groups is 1. The predicted octanol–water partition coefficient (Wildman–Crippen LogP) is 3.87. The minimum Gasteiger partial charge on any atom is -0.404 e. The van der Waals surface area contributed by atoms with Gasteiger partial charge in [0.2, 0.25) is 0 Å². The zero-order valence-electron chi connectivity index (χ0n) is 12.3. The van der Waals surface area contributed by atoms with Crippen LogP contribution in [0.5, 0.6) is 5.75 Å². The average Bonchev–Trinajstić information content (AvgIpc) is 2.25. The summed E-state index contributed by atoms with van der Waals surface area (Å²) in [6.07, 6.45) is 0. The Bertz CT molecular complexity index is 589. The molecule has 0 saturated heterocycles. The van der Waals surface area contributed by atoms with Crippen molar-refractivity contribution in [1.29, 1.82) is 0 Å². The zero-order valence-corrected chi connectivity index (χ0v) is 15.0. The van der Waals surface area contributed by atoms with Crippen LogP contribution in [0.3, 0.4) is 0 Å². The lowest BCUT2D eigenvalue weighted by Gasteiger charge is -2.20. The van der Waals surface area contributed by atoms with Crippen molar-refractivity contribution in [3.05, 3.63) is 29.3 Å². The third kappa shape index (κ3) is 6.17. The second-order valence-electron chi connectivity index (χ2n) is 4.72. The van der Waals surface area contributed by atoms with Gasteiger partial charge in [-0.15, -0.1) is 0 Å². The number of rotatable bonds is 7. The number of aryl methyl sites for hydroxylation is 1. The van der Waals surface area contributed by atoms with E-state index in [2.05, 4.69) is 16.1 Å². The molecule has 0 spiro atoms. The van der Waals surface area contributed by atoms with Crippen LogP contribution < -0.4 is 4.52 Å². The Balaban J connectivity index is 3.01. The Morgan fingerprint density at radius 3 is 2.48 bits per heavy atom. The lowest BCUT2D eigenvalue weighted by atomic mass is 10.0. The maximum atomic E-state index is 12.0.